The predicted octanol–water partition coefficient (Wildman–Crippen LogP) is 5.53. The maximum atomic E-state index is 12.3. The van der Waals surface area contributed by atoms with Gasteiger partial charge in [-0.3, -0.25) is 4.79 Å². The normalized spacial score (nSPS) is 10.7. The van der Waals surface area contributed by atoms with Crippen LogP contribution in [0.15, 0.2) is 58.3 Å². The van der Waals surface area contributed by atoms with Crippen molar-refractivity contribution in [1.82, 2.24) is 15.2 Å². The summed E-state index contributed by atoms with van der Waals surface area (Å²) in [4.78, 5) is 16.9. The van der Waals surface area contributed by atoms with Crippen molar-refractivity contribution in [3.8, 4) is 5.75 Å². The molecular formula is C22H21N5O2S3. The molecule has 164 valence electrons. The van der Waals surface area contributed by atoms with Crippen LogP contribution < -0.4 is 15.4 Å². The molecule has 2 N–H and O–H groups in total. The van der Waals surface area contributed by atoms with E-state index >= 15 is 0 Å². The Morgan fingerprint density at radius 2 is 1.88 bits per heavy atom. The number of carbonyl (C=O) groups excluding carboxylic acids is 1. The van der Waals surface area contributed by atoms with Gasteiger partial charge in [0.1, 0.15) is 10.8 Å². The number of amides is 1. The van der Waals surface area contributed by atoms with Crippen molar-refractivity contribution < 1.29 is 9.53 Å². The monoisotopic (exact) mass is 483 g/mol. The van der Waals surface area contributed by atoms with Gasteiger partial charge in [0.15, 0.2) is 4.34 Å². The van der Waals surface area contributed by atoms with E-state index in [0.29, 0.717) is 10.9 Å². The highest BCUT2D eigenvalue weighted by atomic mass is 32.2. The van der Waals surface area contributed by atoms with E-state index in [9.17, 15) is 4.79 Å². The maximum Gasteiger partial charge on any atom is 0.231 e. The van der Waals surface area contributed by atoms with Crippen LogP contribution >= 0.6 is 34.4 Å². The number of methoxy groups -OCH3 is 1. The number of aryl methyl sites for hydroxylation is 1. The van der Waals surface area contributed by atoms with Gasteiger partial charge in [-0.05, 0) is 30.7 Å². The number of carbonyl (C=O) groups is 1. The Morgan fingerprint density at radius 1 is 1.09 bits per heavy atom. The largest absolute Gasteiger partial charge is 0.495 e. The fourth-order valence-electron chi connectivity index (χ4n) is 2.86. The molecule has 7 nitrogen and oxygen atoms in total. The van der Waals surface area contributed by atoms with Gasteiger partial charge in [0.05, 0.1) is 24.9 Å². The van der Waals surface area contributed by atoms with E-state index < -0.39 is 0 Å². The van der Waals surface area contributed by atoms with Crippen molar-refractivity contribution in [2.75, 3.05) is 17.7 Å². The standard InChI is InChI=1S/C22H21N5O2S3/c1-14-7-3-4-8-16(14)24-19(28)11-20-23-15(12-30-20)13-31-22-27-26-21(32-22)25-17-9-5-6-10-18(17)29-2/h3-10,12H,11,13H2,1-2H3,(H,24,28)(H,25,26). The number of ether oxygens (including phenoxy) is 1. The molecular weight excluding hydrogens is 462 g/mol. The molecule has 0 saturated carbocycles. The molecule has 2 aromatic carbocycles. The van der Waals surface area contributed by atoms with Crippen molar-refractivity contribution >= 4 is 56.8 Å². The lowest BCUT2D eigenvalue weighted by molar-refractivity contribution is -0.115. The molecule has 2 heterocycles. The van der Waals surface area contributed by atoms with Crippen LogP contribution in [0.2, 0.25) is 0 Å². The van der Waals surface area contributed by atoms with Gasteiger partial charge in [0.2, 0.25) is 11.0 Å². The van der Waals surface area contributed by atoms with E-state index in [1.165, 1.54) is 22.7 Å². The van der Waals surface area contributed by atoms with Crippen LogP contribution in [0, 0.1) is 6.92 Å². The van der Waals surface area contributed by atoms with Crippen LogP contribution in [0.1, 0.15) is 16.3 Å². The predicted molar refractivity (Wildman–Crippen MR) is 131 cm³/mol. The number of hydrogen-bond acceptors (Lipinski definition) is 9. The smallest absolute Gasteiger partial charge is 0.231 e. The lowest BCUT2D eigenvalue weighted by Gasteiger charge is -2.07. The molecule has 0 fully saturated rings. The lowest BCUT2D eigenvalue weighted by atomic mass is 10.2. The molecule has 0 bridgehead atoms. The molecule has 0 unspecified atom stereocenters. The van der Waals surface area contributed by atoms with Crippen LogP contribution in [-0.4, -0.2) is 28.2 Å². The van der Waals surface area contributed by atoms with Gasteiger partial charge < -0.3 is 15.4 Å². The molecule has 0 saturated heterocycles. The number of nitrogens with zero attached hydrogens (tertiary/aromatic N) is 3. The Labute approximate surface area is 198 Å². The van der Waals surface area contributed by atoms with E-state index in [1.54, 1.807) is 18.9 Å². The molecule has 10 heteroatoms. The van der Waals surface area contributed by atoms with E-state index in [1.807, 2.05) is 60.8 Å². The molecule has 2 aromatic heterocycles. The van der Waals surface area contributed by atoms with Crippen LogP contribution in [-0.2, 0) is 17.0 Å². The van der Waals surface area contributed by atoms with Gasteiger partial charge in [-0.1, -0.05) is 53.4 Å². The molecule has 1 amide bonds. The van der Waals surface area contributed by atoms with E-state index in [2.05, 4.69) is 25.8 Å². The molecule has 0 aliphatic heterocycles. The Kier molecular flexibility index (Phi) is 7.35. The minimum atomic E-state index is -0.0657. The summed E-state index contributed by atoms with van der Waals surface area (Å²) in [5.74, 6) is 1.35. The number of thioether (sulfide) groups is 1. The van der Waals surface area contributed by atoms with Gasteiger partial charge in [0, 0.05) is 16.8 Å². The van der Waals surface area contributed by atoms with E-state index in [4.69, 9.17) is 4.74 Å². The Balaban J connectivity index is 1.29. The summed E-state index contributed by atoms with van der Waals surface area (Å²) in [5.41, 5.74) is 3.64. The zero-order valence-corrected chi connectivity index (χ0v) is 19.9. The SMILES string of the molecule is COc1ccccc1Nc1nnc(SCc2csc(CC(=O)Nc3ccccc3C)n2)s1. The number of benzene rings is 2. The number of hydrogen-bond donors (Lipinski definition) is 2. The third-order valence-corrected chi connectivity index (χ3v) is 7.33. The third-order valence-electron chi connectivity index (χ3n) is 4.43. The Hall–Kier alpha value is -2.95. The molecule has 32 heavy (non-hydrogen) atoms. The van der Waals surface area contributed by atoms with Gasteiger partial charge in [-0.2, -0.15) is 0 Å². The van der Waals surface area contributed by atoms with Crippen LogP contribution in [0.5, 0.6) is 5.75 Å². The summed E-state index contributed by atoms with van der Waals surface area (Å²) in [6, 6.07) is 15.4. The zero-order chi connectivity index (χ0) is 22.3. The molecule has 4 rings (SSSR count). The molecule has 0 aliphatic rings. The Morgan fingerprint density at radius 3 is 2.69 bits per heavy atom. The molecule has 0 spiro atoms. The highest BCUT2D eigenvalue weighted by molar-refractivity contribution is 8.00. The number of para-hydroxylation sites is 3. The topological polar surface area (TPSA) is 89.0 Å². The molecule has 4 aromatic rings. The van der Waals surface area contributed by atoms with E-state index in [-0.39, 0.29) is 12.3 Å². The minimum absolute atomic E-state index is 0.0657. The Bertz CT molecular complexity index is 1210. The third kappa shape index (κ3) is 5.84. The quantitative estimate of drug-likeness (QED) is 0.303. The number of rotatable bonds is 9. The summed E-state index contributed by atoms with van der Waals surface area (Å²) in [6.45, 7) is 1.97. The van der Waals surface area contributed by atoms with Gasteiger partial charge in [-0.15, -0.1) is 21.5 Å². The first-order chi connectivity index (χ1) is 15.6. The number of aromatic nitrogens is 3. The number of anilines is 3. The second kappa shape index (κ2) is 10.6. The van der Waals surface area contributed by atoms with Gasteiger partial charge >= 0.3 is 0 Å². The average Bonchev–Trinajstić information content (AvgIpc) is 3.43. The minimum Gasteiger partial charge on any atom is -0.495 e. The summed E-state index contributed by atoms with van der Waals surface area (Å²) in [5, 5.41) is 18.1. The van der Waals surface area contributed by atoms with Crippen molar-refractivity contribution in [2.24, 2.45) is 0 Å². The average molecular weight is 484 g/mol. The lowest BCUT2D eigenvalue weighted by Crippen LogP contribution is -2.15. The highest BCUT2D eigenvalue weighted by Crippen LogP contribution is 2.32. The fraction of sp³-hybridized carbons (Fsp3) is 0.182. The zero-order valence-electron chi connectivity index (χ0n) is 17.5. The highest BCUT2D eigenvalue weighted by Gasteiger charge is 2.12. The van der Waals surface area contributed by atoms with Crippen molar-refractivity contribution in [2.45, 2.75) is 23.4 Å². The van der Waals surface area contributed by atoms with Crippen LogP contribution in [0.3, 0.4) is 0 Å². The molecule has 0 atom stereocenters. The van der Waals surface area contributed by atoms with Gasteiger partial charge in [0.25, 0.3) is 0 Å². The summed E-state index contributed by atoms with van der Waals surface area (Å²) < 4.78 is 6.19. The number of thiazole rings is 1. The number of nitrogens with one attached hydrogen (secondary N) is 2. The molecule has 0 radical (unpaired) electrons. The summed E-state index contributed by atoms with van der Waals surface area (Å²) in [6.07, 6.45) is 0.259. The second-order valence-electron chi connectivity index (χ2n) is 6.76. The van der Waals surface area contributed by atoms with Crippen LogP contribution in [0.25, 0.3) is 0 Å². The second-order valence-corrected chi connectivity index (χ2v) is 9.90. The van der Waals surface area contributed by atoms with Crippen LogP contribution in [0.4, 0.5) is 16.5 Å². The fourth-order valence-corrected chi connectivity index (χ4v) is 5.41. The van der Waals surface area contributed by atoms with Crippen molar-refractivity contribution in [1.29, 1.82) is 0 Å². The first kappa shape index (κ1) is 22.3. The van der Waals surface area contributed by atoms with E-state index in [0.717, 1.165) is 37.7 Å². The summed E-state index contributed by atoms with van der Waals surface area (Å²) >= 11 is 4.54. The van der Waals surface area contributed by atoms with Crippen molar-refractivity contribution in [3.63, 3.8) is 0 Å². The van der Waals surface area contributed by atoms with Gasteiger partial charge in [-0.25, -0.2) is 4.98 Å². The van der Waals surface area contributed by atoms with Crippen molar-refractivity contribution in [3.05, 3.63) is 70.2 Å². The summed E-state index contributed by atoms with van der Waals surface area (Å²) in [7, 11) is 1.64. The first-order valence-corrected chi connectivity index (χ1v) is 12.4. The first-order valence-electron chi connectivity index (χ1n) is 9.76. The molecule has 0 aliphatic carbocycles. The maximum absolute atomic E-state index is 12.3.